The molecule has 0 saturated heterocycles. The first kappa shape index (κ1) is 39.7. The van der Waals surface area contributed by atoms with Gasteiger partial charge in [0, 0.05) is 6.42 Å². The van der Waals surface area contributed by atoms with Gasteiger partial charge in [-0.2, -0.15) is 0 Å². The number of carbonyl (C=O) groups is 1. The van der Waals surface area contributed by atoms with Crippen molar-refractivity contribution in [1.82, 2.24) is 0 Å². The first-order valence-corrected chi connectivity index (χ1v) is 24.9. The van der Waals surface area contributed by atoms with Gasteiger partial charge >= 0.3 is 0 Å². The van der Waals surface area contributed by atoms with Crippen LogP contribution in [0, 0.1) is 28.1 Å². The van der Waals surface area contributed by atoms with E-state index in [0.717, 1.165) is 37.7 Å². The smallest absolute Gasteiger partial charge is 0.192 e. The molecular formula is C42H72O4Si2. The maximum Gasteiger partial charge on any atom is 0.192 e. The van der Waals surface area contributed by atoms with Crippen molar-refractivity contribution in [2.45, 2.75) is 182 Å². The number of rotatable bonds is 10. The largest absolute Gasteiger partial charge is 0.413 e. The lowest BCUT2D eigenvalue weighted by Crippen LogP contribution is -2.49. The van der Waals surface area contributed by atoms with Crippen LogP contribution in [0.1, 0.15) is 127 Å². The summed E-state index contributed by atoms with van der Waals surface area (Å²) < 4.78 is 14.2. The highest BCUT2D eigenvalue weighted by atomic mass is 28.4. The van der Waals surface area contributed by atoms with Crippen molar-refractivity contribution in [3.63, 3.8) is 0 Å². The van der Waals surface area contributed by atoms with E-state index in [2.05, 4.69) is 113 Å². The van der Waals surface area contributed by atoms with Gasteiger partial charge in [-0.25, -0.2) is 0 Å². The van der Waals surface area contributed by atoms with Gasteiger partial charge in [-0.15, -0.1) is 0 Å². The third kappa shape index (κ3) is 7.88. The first-order valence-electron chi connectivity index (χ1n) is 19.1. The molecule has 1 N–H and O–H groups in total. The number of fused-ring (bicyclic) bond motifs is 1. The second kappa shape index (κ2) is 13.5. The van der Waals surface area contributed by atoms with Crippen LogP contribution in [0.3, 0.4) is 0 Å². The molecule has 272 valence electrons. The molecule has 0 amide bonds. The lowest BCUT2D eigenvalue weighted by Gasteiger charge is -2.47. The van der Waals surface area contributed by atoms with Crippen molar-refractivity contribution in [1.29, 1.82) is 0 Å². The van der Waals surface area contributed by atoms with E-state index in [0.29, 0.717) is 11.8 Å². The summed E-state index contributed by atoms with van der Waals surface area (Å²) in [7, 11) is -3.97. The van der Waals surface area contributed by atoms with Crippen molar-refractivity contribution in [3.05, 3.63) is 47.6 Å². The van der Waals surface area contributed by atoms with Crippen LogP contribution in [0.15, 0.2) is 47.6 Å². The van der Waals surface area contributed by atoms with E-state index in [4.69, 9.17) is 8.85 Å². The molecule has 6 heteroatoms. The molecule has 0 aliphatic heterocycles. The van der Waals surface area contributed by atoms with Gasteiger partial charge in [-0.3, -0.25) is 4.79 Å². The molecule has 4 rings (SSSR count). The fourth-order valence-electron chi connectivity index (χ4n) is 8.86. The Labute approximate surface area is 297 Å². The van der Waals surface area contributed by atoms with Crippen LogP contribution < -0.4 is 0 Å². The lowest BCUT2D eigenvalue weighted by molar-refractivity contribution is -0.124. The monoisotopic (exact) mass is 696 g/mol. The zero-order valence-electron chi connectivity index (χ0n) is 33.4. The summed E-state index contributed by atoms with van der Waals surface area (Å²) in [6.45, 7) is 36.9. The van der Waals surface area contributed by atoms with Gasteiger partial charge in [0.25, 0.3) is 0 Å². The molecule has 4 fully saturated rings. The lowest BCUT2D eigenvalue weighted by atomic mass is 9.57. The van der Waals surface area contributed by atoms with Crippen molar-refractivity contribution in [2.75, 3.05) is 0 Å². The summed E-state index contributed by atoms with van der Waals surface area (Å²) in [5.41, 5.74) is 3.67. The highest BCUT2D eigenvalue weighted by molar-refractivity contribution is 6.74. The summed E-state index contributed by atoms with van der Waals surface area (Å²) in [5.74, 6) is 1.21. The first-order chi connectivity index (χ1) is 21.8. The number of allylic oxidation sites excluding steroid dienone is 4. The molecule has 0 aromatic heterocycles. The number of aliphatic hydroxyl groups is 1. The molecule has 4 aliphatic rings. The number of aliphatic hydroxyl groups excluding tert-OH is 1. The van der Waals surface area contributed by atoms with Crippen LogP contribution >= 0.6 is 0 Å². The predicted molar refractivity (Wildman–Crippen MR) is 208 cm³/mol. The maximum atomic E-state index is 12.2. The molecule has 0 bridgehead atoms. The van der Waals surface area contributed by atoms with E-state index in [1.165, 1.54) is 31.3 Å². The Kier molecular flexibility index (Phi) is 11.2. The third-order valence-electron chi connectivity index (χ3n) is 14.4. The molecule has 0 aromatic carbocycles. The minimum atomic E-state index is -2.01. The van der Waals surface area contributed by atoms with Crippen LogP contribution in [0.5, 0.6) is 0 Å². The maximum absolute atomic E-state index is 12.2. The van der Waals surface area contributed by atoms with Crippen LogP contribution in [-0.2, 0) is 13.6 Å². The van der Waals surface area contributed by atoms with E-state index in [9.17, 15) is 9.90 Å². The van der Waals surface area contributed by atoms with Crippen molar-refractivity contribution in [3.8, 4) is 0 Å². The molecule has 4 nitrogen and oxygen atoms in total. The van der Waals surface area contributed by atoms with Crippen LogP contribution in [0.2, 0.25) is 36.3 Å². The molecule has 0 heterocycles. The zero-order valence-corrected chi connectivity index (χ0v) is 35.4. The number of ketones is 1. The average molecular weight is 697 g/mol. The third-order valence-corrected chi connectivity index (χ3v) is 23.4. The SMILES string of the molecule is C=C1C(=CC=C2CCC[C@]3(C)[C@@H](C(C)(C)C=CC(O)C4(C(C)=O)CC4)CC[C@@H]23)C[C@@H](O[Si](C)(C)C(C)(C)C)C[C@@H]1O[Si](C)(C)C(C)(C)C. The minimum absolute atomic E-state index is 0.00717. The van der Waals surface area contributed by atoms with E-state index >= 15 is 0 Å². The Balaban J connectivity index is 1.59. The molecular weight excluding hydrogens is 625 g/mol. The molecule has 4 aliphatic carbocycles. The van der Waals surface area contributed by atoms with Crippen LogP contribution in [0.25, 0.3) is 0 Å². The highest BCUT2D eigenvalue weighted by Crippen LogP contribution is 2.62. The molecule has 0 radical (unpaired) electrons. The van der Waals surface area contributed by atoms with Gasteiger partial charge in [0.05, 0.1) is 23.7 Å². The Morgan fingerprint density at radius 1 is 0.938 bits per heavy atom. The van der Waals surface area contributed by atoms with E-state index in [-0.39, 0.29) is 38.9 Å². The number of hydrogen-bond acceptors (Lipinski definition) is 4. The molecule has 48 heavy (non-hydrogen) atoms. The van der Waals surface area contributed by atoms with Crippen LogP contribution in [0.4, 0.5) is 0 Å². The number of carbonyl (C=O) groups excluding carboxylic acids is 1. The van der Waals surface area contributed by atoms with Gasteiger partial charge in [0.1, 0.15) is 5.78 Å². The van der Waals surface area contributed by atoms with Gasteiger partial charge in [-0.1, -0.05) is 98.8 Å². The molecule has 4 saturated carbocycles. The van der Waals surface area contributed by atoms with E-state index in [1.807, 2.05) is 6.08 Å². The summed E-state index contributed by atoms with van der Waals surface area (Å²) in [4.78, 5) is 12.2. The van der Waals surface area contributed by atoms with Crippen molar-refractivity contribution in [2.24, 2.45) is 28.1 Å². The van der Waals surface area contributed by atoms with Crippen LogP contribution in [-0.4, -0.2) is 45.8 Å². The molecule has 0 aromatic rings. The topological polar surface area (TPSA) is 55.8 Å². The fraction of sp³-hybridized carbons (Fsp3) is 0.786. The summed E-state index contributed by atoms with van der Waals surface area (Å²) in [6, 6.07) is 0. The van der Waals surface area contributed by atoms with E-state index < -0.39 is 28.2 Å². The van der Waals surface area contributed by atoms with Gasteiger partial charge in [0.2, 0.25) is 0 Å². The van der Waals surface area contributed by atoms with Gasteiger partial charge < -0.3 is 14.0 Å². The van der Waals surface area contributed by atoms with E-state index in [1.54, 1.807) is 12.5 Å². The Morgan fingerprint density at radius 3 is 2.06 bits per heavy atom. The van der Waals surface area contributed by atoms with Gasteiger partial charge in [-0.05, 0) is 128 Å². The van der Waals surface area contributed by atoms with Crippen molar-refractivity contribution >= 4 is 22.4 Å². The standard InChI is InChI=1S/C42H72O4Si2/c1-29-32(27-33(45-47(12,13)38(3,4)5)28-35(29)46-48(14,15)39(6,7)8)19-18-31-17-16-23-41(11)34(31)20-21-36(41)40(9,10)24-22-37(44)42(25-26-42)30(2)43/h18-19,22,24,33-37,44H,1,16-17,20-21,23,25-28H2,2-15H3/t33-,34+,35+,36-,37?,41+/m1/s1. The number of hydrogen-bond donors (Lipinski definition) is 1. The quantitative estimate of drug-likeness (QED) is 0.182. The number of Topliss-reactive ketones (excluding diaryl/α,β-unsaturated/α-hetero) is 1. The van der Waals surface area contributed by atoms with Crippen molar-refractivity contribution < 1.29 is 18.8 Å². The molecule has 6 atom stereocenters. The summed E-state index contributed by atoms with van der Waals surface area (Å²) in [5, 5.41) is 11.3. The predicted octanol–water partition coefficient (Wildman–Crippen LogP) is 11.5. The minimum Gasteiger partial charge on any atom is -0.413 e. The van der Waals surface area contributed by atoms with Gasteiger partial charge in [0.15, 0.2) is 16.6 Å². The Bertz CT molecular complexity index is 1320. The second-order valence-electron chi connectivity index (χ2n) is 20.1. The zero-order chi connectivity index (χ0) is 36.3. The fourth-order valence-corrected chi connectivity index (χ4v) is 11.5. The molecule has 1 unspecified atom stereocenters. The highest BCUT2D eigenvalue weighted by Gasteiger charge is 2.55. The second-order valence-corrected chi connectivity index (χ2v) is 29.7. The Hall–Kier alpha value is -1.06. The molecule has 0 spiro atoms. The average Bonchev–Trinajstić information content (AvgIpc) is 3.67. The summed E-state index contributed by atoms with van der Waals surface area (Å²) in [6.07, 6.45) is 17.9. The Morgan fingerprint density at radius 2 is 1.52 bits per heavy atom. The summed E-state index contributed by atoms with van der Waals surface area (Å²) >= 11 is 0. The normalized spacial score (nSPS) is 32.6.